The second-order valence-corrected chi connectivity index (χ2v) is 4.96. The Morgan fingerprint density at radius 3 is 2.25 bits per heavy atom. The maximum Gasteiger partial charge on any atom is 0.0606 e. The van der Waals surface area contributed by atoms with Gasteiger partial charge in [-0.2, -0.15) is 0 Å². The van der Waals surface area contributed by atoms with Crippen LogP contribution in [0.25, 0.3) is 0 Å². The third kappa shape index (κ3) is 0.612. The summed E-state index contributed by atoms with van der Waals surface area (Å²) >= 11 is 0. The normalized spacial score (nSPS) is 67.8. The molecule has 0 aromatic heterocycles. The van der Waals surface area contributed by atoms with Crippen LogP contribution in [0.1, 0.15) is 19.8 Å². The molecule has 0 heterocycles. The zero-order valence-corrected chi connectivity index (χ0v) is 7.35. The Bertz CT molecular complexity index is 212. The van der Waals surface area contributed by atoms with E-state index in [-0.39, 0.29) is 12.2 Å². The van der Waals surface area contributed by atoms with Gasteiger partial charge in [-0.1, -0.05) is 6.92 Å². The van der Waals surface area contributed by atoms with Crippen LogP contribution in [0, 0.1) is 29.6 Å². The first-order valence-electron chi connectivity index (χ1n) is 5.06. The van der Waals surface area contributed by atoms with Crippen molar-refractivity contribution >= 4 is 0 Å². The van der Waals surface area contributed by atoms with Gasteiger partial charge in [-0.3, -0.25) is 0 Å². The summed E-state index contributed by atoms with van der Waals surface area (Å²) in [5, 5.41) is 19.6. The van der Waals surface area contributed by atoms with Crippen LogP contribution in [0.15, 0.2) is 0 Å². The van der Waals surface area contributed by atoms with Gasteiger partial charge in [0.1, 0.15) is 0 Å². The fourth-order valence-corrected chi connectivity index (χ4v) is 4.21. The van der Waals surface area contributed by atoms with Gasteiger partial charge < -0.3 is 10.2 Å². The summed E-state index contributed by atoms with van der Waals surface area (Å²) in [6.07, 6.45) is 1.84. The van der Waals surface area contributed by atoms with Crippen LogP contribution < -0.4 is 0 Å². The van der Waals surface area contributed by atoms with Crippen molar-refractivity contribution in [3.63, 3.8) is 0 Å². The summed E-state index contributed by atoms with van der Waals surface area (Å²) in [6, 6.07) is 0. The number of hydrogen-bond donors (Lipinski definition) is 2. The molecular weight excluding hydrogens is 152 g/mol. The third-order valence-electron chi connectivity index (χ3n) is 4.71. The van der Waals surface area contributed by atoms with E-state index < -0.39 is 0 Å². The maximum absolute atomic E-state index is 9.89. The predicted molar refractivity (Wildman–Crippen MR) is 44.4 cm³/mol. The molecule has 12 heavy (non-hydrogen) atoms. The molecule has 0 aromatic rings. The van der Waals surface area contributed by atoms with Crippen molar-refractivity contribution in [3.05, 3.63) is 0 Å². The number of aliphatic hydroxyl groups is 2. The highest BCUT2D eigenvalue weighted by Gasteiger charge is 2.62. The Morgan fingerprint density at radius 2 is 1.75 bits per heavy atom. The van der Waals surface area contributed by atoms with E-state index in [1.54, 1.807) is 0 Å². The molecule has 0 aliphatic heterocycles. The van der Waals surface area contributed by atoms with E-state index in [1.807, 2.05) is 0 Å². The number of aliphatic hydroxyl groups excluding tert-OH is 2. The standard InChI is InChI=1S/C10H16O2/c1-4-5-2-7-8(11)3-6(5)10(12)9(4)7/h4-12H,2-3H2,1H3/t4-,5+,6+,7+,8?,9+,10+/m0/s1. The van der Waals surface area contributed by atoms with Gasteiger partial charge in [0, 0.05) is 0 Å². The van der Waals surface area contributed by atoms with Crippen molar-refractivity contribution in [2.24, 2.45) is 29.6 Å². The van der Waals surface area contributed by atoms with E-state index in [1.165, 1.54) is 6.42 Å². The van der Waals surface area contributed by atoms with E-state index in [4.69, 9.17) is 0 Å². The van der Waals surface area contributed by atoms with Crippen molar-refractivity contribution in [2.75, 3.05) is 0 Å². The highest BCUT2D eigenvalue weighted by molar-refractivity contribution is 5.11. The average molecular weight is 168 g/mol. The summed E-state index contributed by atoms with van der Waals surface area (Å²) in [5.74, 6) is 2.64. The van der Waals surface area contributed by atoms with Gasteiger partial charge in [-0.15, -0.1) is 0 Å². The van der Waals surface area contributed by atoms with Crippen molar-refractivity contribution in [1.82, 2.24) is 0 Å². The Morgan fingerprint density at radius 1 is 1.00 bits per heavy atom. The van der Waals surface area contributed by atoms with Crippen LogP contribution >= 0.6 is 0 Å². The topological polar surface area (TPSA) is 40.5 Å². The zero-order valence-electron chi connectivity index (χ0n) is 7.35. The summed E-state index contributed by atoms with van der Waals surface area (Å²) in [5.41, 5.74) is 0. The Kier molecular flexibility index (Phi) is 1.25. The number of rotatable bonds is 0. The molecule has 4 aliphatic rings. The molecule has 4 saturated carbocycles. The predicted octanol–water partition coefficient (Wildman–Crippen LogP) is 0.630. The molecule has 4 rings (SSSR count). The molecule has 0 radical (unpaired) electrons. The third-order valence-corrected chi connectivity index (χ3v) is 4.71. The lowest BCUT2D eigenvalue weighted by Crippen LogP contribution is -2.46. The minimum absolute atomic E-state index is 0.0906. The summed E-state index contributed by atoms with van der Waals surface area (Å²) in [7, 11) is 0. The smallest absolute Gasteiger partial charge is 0.0606 e. The minimum atomic E-state index is -0.107. The molecule has 0 spiro atoms. The van der Waals surface area contributed by atoms with Gasteiger partial charge in [0.2, 0.25) is 0 Å². The van der Waals surface area contributed by atoms with Crippen LogP contribution in [0.3, 0.4) is 0 Å². The zero-order chi connectivity index (χ0) is 8.46. The van der Waals surface area contributed by atoms with Gasteiger partial charge in [-0.05, 0) is 42.4 Å². The van der Waals surface area contributed by atoms with Gasteiger partial charge in [0.25, 0.3) is 0 Å². The summed E-state index contributed by atoms with van der Waals surface area (Å²) < 4.78 is 0. The van der Waals surface area contributed by atoms with Crippen LogP contribution in [-0.2, 0) is 0 Å². The summed E-state index contributed by atoms with van der Waals surface area (Å²) in [4.78, 5) is 0. The van der Waals surface area contributed by atoms with Crippen LogP contribution in [0.2, 0.25) is 0 Å². The van der Waals surface area contributed by atoms with Gasteiger partial charge in [0.05, 0.1) is 12.2 Å². The SMILES string of the molecule is C[C@H]1[C@H]2C[C@@H]3C(O)C[C@H]2[C@@H](O)[C@H]13. The molecule has 2 nitrogen and oxygen atoms in total. The van der Waals surface area contributed by atoms with Crippen molar-refractivity contribution in [3.8, 4) is 0 Å². The molecule has 4 bridgehead atoms. The molecular formula is C10H16O2. The van der Waals surface area contributed by atoms with E-state index in [0.29, 0.717) is 23.7 Å². The largest absolute Gasteiger partial charge is 0.393 e. The second-order valence-electron chi connectivity index (χ2n) is 4.96. The molecule has 68 valence electrons. The molecule has 0 amide bonds. The Balaban J connectivity index is 2.01. The quantitative estimate of drug-likeness (QED) is 0.557. The fraction of sp³-hybridized carbons (Fsp3) is 1.00. The number of fused-ring (bicyclic) bond motifs is 1. The van der Waals surface area contributed by atoms with Crippen LogP contribution in [-0.4, -0.2) is 22.4 Å². The van der Waals surface area contributed by atoms with Gasteiger partial charge in [0.15, 0.2) is 0 Å². The Hall–Kier alpha value is -0.0800. The highest BCUT2D eigenvalue weighted by Crippen LogP contribution is 2.62. The number of hydrogen-bond acceptors (Lipinski definition) is 2. The Labute approximate surface area is 72.6 Å². The van der Waals surface area contributed by atoms with Gasteiger partial charge >= 0.3 is 0 Å². The average Bonchev–Trinajstić information content (AvgIpc) is 2.43. The van der Waals surface area contributed by atoms with Crippen molar-refractivity contribution in [1.29, 1.82) is 0 Å². The molecule has 7 atom stereocenters. The molecule has 0 aromatic carbocycles. The van der Waals surface area contributed by atoms with Crippen molar-refractivity contribution < 1.29 is 10.2 Å². The van der Waals surface area contributed by atoms with E-state index in [2.05, 4.69) is 6.92 Å². The van der Waals surface area contributed by atoms with Crippen LogP contribution in [0.5, 0.6) is 0 Å². The summed E-state index contributed by atoms with van der Waals surface area (Å²) in [6.45, 7) is 2.25. The first-order valence-corrected chi connectivity index (χ1v) is 5.06. The minimum Gasteiger partial charge on any atom is -0.393 e. The lowest BCUT2D eigenvalue weighted by molar-refractivity contribution is -0.0826. The van der Waals surface area contributed by atoms with E-state index in [9.17, 15) is 10.2 Å². The monoisotopic (exact) mass is 168 g/mol. The molecule has 2 heteroatoms. The van der Waals surface area contributed by atoms with Gasteiger partial charge in [-0.25, -0.2) is 0 Å². The first kappa shape index (κ1) is 7.34. The molecule has 4 fully saturated rings. The lowest BCUT2D eigenvalue weighted by atomic mass is 9.67. The van der Waals surface area contributed by atoms with Crippen LogP contribution in [0.4, 0.5) is 0 Å². The first-order chi connectivity index (χ1) is 5.70. The molecule has 0 saturated heterocycles. The second kappa shape index (κ2) is 2.05. The molecule has 4 aliphatic carbocycles. The fourth-order valence-electron chi connectivity index (χ4n) is 4.21. The molecule has 2 N–H and O–H groups in total. The lowest BCUT2D eigenvalue weighted by Gasteiger charge is -2.42. The highest BCUT2D eigenvalue weighted by atomic mass is 16.3. The molecule has 1 unspecified atom stereocenters. The van der Waals surface area contributed by atoms with E-state index >= 15 is 0 Å². The van der Waals surface area contributed by atoms with E-state index in [0.717, 1.165) is 12.3 Å². The maximum atomic E-state index is 9.89. The van der Waals surface area contributed by atoms with Crippen molar-refractivity contribution in [2.45, 2.75) is 32.0 Å².